The lowest BCUT2D eigenvalue weighted by atomic mass is 9.90. The third-order valence-electron chi connectivity index (χ3n) is 5.53. The van der Waals surface area contributed by atoms with E-state index in [1.54, 1.807) is 6.20 Å². The van der Waals surface area contributed by atoms with E-state index < -0.39 is 0 Å². The van der Waals surface area contributed by atoms with Gasteiger partial charge in [-0.05, 0) is 54.4 Å². The van der Waals surface area contributed by atoms with E-state index >= 15 is 0 Å². The lowest BCUT2D eigenvalue weighted by Crippen LogP contribution is -2.31. The number of nitrogens with zero attached hydrogens (tertiary/aromatic N) is 2. The number of carbonyl (C=O) groups excluding carboxylic acids is 1. The minimum Gasteiger partial charge on any atom is -0.376 e. The number of amides is 1. The third-order valence-corrected chi connectivity index (χ3v) is 5.53. The Bertz CT molecular complexity index is 871. The van der Waals surface area contributed by atoms with Gasteiger partial charge in [-0.25, -0.2) is 0 Å². The average Bonchev–Trinajstić information content (AvgIpc) is 2.74. The smallest absolute Gasteiger partial charge is 0.267 e. The molecule has 4 heteroatoms. The Morgan fingerprint density at radius 1 is 1.14 bits per heavy atom. The van der Waals surface area contributed by atoms with Crippen LogP contribution in [-0.4, -0.2) is 23.9 Å². The molecule has 29 heavy (non-hydrogen) atoms. The van der Waals surface area contributed by atoms with Crippen LogP contribution in [-0.2, 0) is 11.2 Å². The molecule has 0 aromatic heterocycles. The summed E-state index contributed by atoms with van der Waals surface area (Å²) < 4.78 is 0. The molecule has 1 heterocycles. The van der Waals surface area contributed by atoms with E-state index in [4.69, 9.17) is 0 Å². The van der Waals surface area contributed by atoms with Crippen molar-refractivity contribution in [2.45, 2.75) is 39.0 Å². The van der Waals surface area contributed by atoms with E-state index in [-0.39, 0.29) is 11.5 Å². The summed E-state index contributed by atoms with van der Waals surface area (Å²) in [6, 6.07) is 20.4. The van der Waals surface area contributed by atoms with Crippen LogP contribution in [0.5, 0.6) is 0 Å². The van der Waals surface area contributed by atoms with Crippen molar-refractivity contribution in [3.63, 3.8) is 0 Å². The summed E-state index contributed by atoms with van der Waals surface area (Å²) in [4.78, 5) is 14.6. The molecule has 4 nitrogen and oxygen atoms in total. The van der Waals surface area contributed by atoms with Crippen LogP contribution in [0.15, 0.2) is 66.4 Å². The predicted octanol–water partition coefficient (Wildman–Crippen LogP) is 5.11. The highest BCUT2D eigenvalue weighted by atomic mass is 16.1. The molecule has 2 aromatic carbocycles. The summed E-state index contributed by atoms with van der Waals surface area (Å²) in [5.41, 5.74) is 3.46. The van der Waals surface area contributed by atoms with Crippen LogP contribution in [0, 0.1) is 17.2 Å². The number of nitrogens with one attached hydrogen (secondary N) is 1. The van der Waals surface area contributed by atoms with Gasteiger partial charge in [-0.15, -0.1) is 0 Å². The van der Waals surface area contributed by atoms with Crippen LogP contribution < -0.4 is 5.32 Å². The first-order valence-corrected chi connectivity index (χ1v) is 10.4. The first-order valence-electron chi connectivity index (χ1n) is 10.4. The van der Waals surface area contributed by atoms with Gasteiger partial charge in [-0.3, -0.25) is 4.79 Å². The van der Waals surface area contributed by atoms with Crippen molar-refractivity contribution in [3.8, 4) is 6.07 Å². The highest BCUT2D eigenvalue weighted by Gasteiger charge is 2.19. The van der Waals surface area contributed by atoms with Gasteiger partial charge in [0.05, 0.1) is 0 Å². The van der Waals surface area contributed by atoms with E-state index in [0.717, 1.165) is 32.4 Å². The minimum absolute atomic E-state index is 0.152. The van der Waals surface area contributed by atoms with Crippen LogP contribution in [0.3, 0.4) is 0 Å². The van der Waals surface area contributed by atoms with E-state index in [9.17, 15) is 10.1 Å². The highest BCUT2D eigenvalue weighted by molar-refractivity contribution is 6.06. The minimum atomic E-state index is -0.351. The van der Waals surface area contributed by atoms with Crippen molar-refractivity contribution in [2.24, 2.45) is 5.92 Å². The number of nitriles is 1. The molecule has 1 amide bonds. The molecule has 0 aliphatic carbocycles. The fourth-order valence-electron chi connectivity index (χ4n) is 3.70. The maximum absolute atomic E-state index is 12.5. The van der Waals surface area contributed by atoms with Crippen molar-refractivity contribution in [1.29, 1.82) is 5.26 Å². The molecule has 0 spiro atoms. The molecule has 150 valence electrons. The number of hydrogen-bond acceptors (Lipinski definition) is 3. The van der Waals surface area contributed by atoms with Gasteiger partial charge < -0.3 is 10.2 Å². The predicted molar refractivity (Wildman–Crippen MR) is 117 cm³/mol. The second-order valence-corrected chi connectivity index (χ2v) is 8.05. The largest absolute Gasteiger partial charge is 0.376 e. The molecule has 1 N–H and O–H groups in total. The van der Waals surface area contributed by atoms with Gasteiger partial charge in [0, 0.05) is 25.0 Å². The third kappa shape index (κ3) is 5.96. The van der Waals surface area contributed by atoms with Crippen LogP contribution in [0.2, 0.25) is 0 Å². The molecule has 0 saturated carbocycles. The van der Waals surface area contributed by atoms with E-state index in [0.29, 0.717) is 17.5 Å². The first kappa shape index (κ1) is 20.7. The zero-order valence-electron chi connectivity index (χ0n) is 17.3. The van der Waals surface area contributed by atoms with E-state index in [1.165, 1.54) is 11.1 Å². The number of anilines is 1. The summed E-state index contributed by atoms with van der Waals surface area (Å²) in [5, 5.41) is 12.3. The van der Waals surface area contributed by atoms with Crippen LogP contribution in [0.25, 0.3) is 0 Å². The molecular weight excluding hydrogens is 358 g/mol. The van der Waals surface area contributed by atoms with Crippen molar-refractivity contribution in [1.82, 2.24) is 4.90 Å². The summed E-state index contributed by atoms with van der Waals surface area (Å²) >= 11 is 0. The fourth-order valence-corrected chi connectivity index (χ4v) is 3.70. The molecule has 1 aliphatic heterocycles. The lowest BCUT2D eigenvalue weighted by molar-refractivity contribution is -0.112. The molecule has 2 aromatic rings. The number of carbonyl (C=O) groups is 1. The number of piperidine rings is 1. The van der Waals surface area contributed by atoms with Crippen LogP contribution in [0.4, 0.5) is 5.69 Å². The Morgan fingerprint density at radius 2 is 1.79 bits per heavy atom. The average molecular weight is 388 g/mol. The Hall–Kier alpha value is -3.06. The molecule has 1 fully saturated rings. The maximum Gasteiger partial charge on any atom is 0.267 e. The van der Waals surface area contributed by atoms with E-state index in [2.05, 4.69) is 54.4 Å². The second-order valence-electron chi connectivity index (χ2n) is 8.05. The summed E-state index contributed by atoms with van der Waals surface area (Å²) in [5.74, 6) is 0.747. The molecule has 1 aliphatic rings. The van der Waals surface area contributed by atoms with Gasteiger partial charge in [0.25, 0.3) is 5.91 Å². The molecule has 0 radical (unpaired) electrons. The normalized spacial score (nSPS) is 15.2. The number of hydrogen-bond donors (Lipinski definition) is 1. The van der Waals surface area contributed by atoms with Crippen molar-refractivity contribution < 1.29 is 4.79 Å². The van der Waals surface area contributed by atoms with Crippen molar-refractivity contribution >= 4 is 11.6 Å². The van der Waals surface area contributed by atoms with Crippen molar-refractivity contribution in [3.05, 3.63) is 77.5 Å². The maximum atomic E-state index is 12.5. The lowest BCUT2D eigenvalue weighted by Gasteiger charge is -2.31. The van der Waals surface area contributed by atoms with Gasteiger partial charge in [-0.2, -0.15) is 5.26 Å². The standard InChI is InChI=1S/C25H29N3O/c1-19(2)22-8-10-24(11-9-22)27-25(29)23(17-26)18-28-14-12-21(13-15-28)16-20-6-4-3-5-7-20/h3-11,18-19,21H,12-16H2,1-2H3,(H,27,29)/b23-18-. The van der Waals surface area contributed by atoms with Gasteiger partial charge in [-0.1, -0.05) is 56.3 Å². The van der Waals surface area contributed by atoms with Gasteiger partial charge in [0.15, 0.2) is 0 Å². The first-order chi connectivity index (χ1) is 14.0. The summed E-state index contributed by atoms with van der Waals surface area (Å²) in [7, 11) is 0. The Morgan fingerprint density at radius 3 is 2.38 bits per heavy atom. The number of benzene rings is 2. The molecule has 3 rings (SSSR count). The fraction of sp³-hybridized carbons (Fsp3) is 0.360. The summed E-state index contributed by atoms with van der Waals surface area (Å²) in [6.07, 6.45) is 4.96. The molecule has 0 bridgehead atoms. The Kier molecular flexibility index (Phi) is 7.08. The summed E-state index contributed by atoms with van der Waals surface area (Å²) in [6.45, 7) is 6.01. The number of likely N-dealkylation sites (tertiary alicyclic amines) is 1. The topological polar surface area (TPSA) is 56.1 Å². The molecule has 1 saturated heterocycles. The second kappa shape index (κ2) is 9.93. The van der Waals surface area contributed by atoms with E-state index in [1.807, 2.05) is 30.3 Å². The quantitative estimate of drug-likeness (QED) is 0.553. The molecule has 0 atom stereocenters. The van der Waals surface area contributed by atoms with Gasteiger partial charge in [0.1, 0.15) is 11.6 Å². The highest BCUT2D eigenvalue weighted by Crippen LogP contribution is 2.22. The molecule has 0 unspecified atom stereocenters. The molecular formula is C25H29N3O. The van der Waals surface area contributed by atoms with Gasteiger partial charge in [0.2, 0.25) is 0 Å². The van der Waals surface area contributed by atoms with Crippen LogP contribution >= 0.6 is 0 Å². The Balaban J connectivity index is 1.54. The van der Waals surface area contributed by atoms with Gasteiger partial charge >= 0.3 is 0 Å². The SMILES string of the molecule is CC(C)c1ccc(NC(=O)/C(C#N)=C\N2CCC(Cc3ccccc3)CC2)cc1. The van der Waals surface area contributed by atoms with Crippen molar-refractivity contribution in [2.75, 3.05) is 18.4 Å². The monoisotopic (exact) mass is 387 g/mol. The zero-order valence-corrected chi connectivity index (χ0v) is 17.3. The number of rotatable bonds is 6. The Labute approximate surface area is 173 Å². The zero-order chi connectivity index (χ0) is 20.6. The van der Waals surface area contributed by atoms with Crippen LogP contribution in [0.1, 0.15) is 43.7 Å².